The van der Waals surface area contributed by atoms with Crippen LogP contribution in [-0.2, 0) is 19.6 Å². The van der Waals surface area contributed by atoms with Gasteiger partial charge in [-0.2, -0.15) is 4.31 Å². The first kappa shape index (κ1) is 17.9. The molecule has 1 atom stereocenters. The molecule has 0 saturated carbocycles. The summed E-state index contributed by atoms with van der Waals surface area (Å²) in [5.74, 6) is -0.169. The summed E-state index contributed by atoms with van der Waals surface area (Å²) in [5, 5.41) is 0.164. The number of ether oxygens (including phenoxy) is 1. The second-order valence-corrected chi connectivity index (χ2v) is 8.41. The maximum Gasteiger partial charge on any atom is 0.245 e. The molecule has 1 aromatic rings. The van der Waals surface area contributed by atoms with Crippen molar-refractivity contribution in [1.29, 1.82) is 0 Å². The minimum atomic E-state index is -3.89. The molecule has 24 heavy (non-hydrogen) atoms. The van der Waals surface area contributed by atoms with Gasteiger partial charge in [0.2, 0.25) is 15.9 Å². The molecule has 1 amide bonds. The molecule has 2 aliphatic rings. The van der Waals surface area contributed by atoms with Crippen LogP contribution in [0.4, 0.5) is 0 Å². The van der Waals surface area contributed by atoms with Crippen LogP contribution in [0, 0.1) is 0 Å². The molecule has 9 heteroatoms. The van der Waals surface area contributed by atoms with Gasteiger partial charge in [0.25, 0.3) is 0 Å². The van der Waals surface area contributed by atoms with Gasteiger partial charge in [0.05, 0.1) is 23.3 Å². The normalized spacial score (nSPS) is 22.8. The Morgan fingerprint density at radius 1 is 1.17 bits per heavy atom. The number of halogens is 2. The number of nitrogens with zero attached hydrogens (tertiary/aromatic N) is 2. The first-order valence-corrected chi connectivity index (χ1v) is 9.95. The minimum Gasteiger partial charge on any atom is -0.378 e. The number of morpholine rings is 1. The Balaban J connectivity index is 1.89. The summed E-state index contributed by atoms with van der Waals surface area (Å²) in [4.78, 5) is 14.4. The maximum absolute atomic E-state index is 13.0. The van der Waals surface area contributed by atoms with Crippen molar-refractivity contribution in [2.45, 2.75) is 23.8 Å². The van der Waals surface area contributed by atoms with E-state index in [0.717, 1.165) is 0 Å². The second kappa shape index (κ2) is 7.17. The number of carbonyl (C=O) groups excluding carboxylic acids is 1. The summed E-state index contributed by atoms with van der Waals surface area (Å²) in [7, 11) is -3.89. The third kappa shape index (κ3) is 3.28. The molecule has 2 heterocycles. The average Bonchev–Trinajstić information content (AvgIpc) is 3.08. The third-order valence-electron chi connectivity index (χ3n) is 4.31. The van der Waals surface area contributed by atoms with Crippen molar-refractivity contribution in [3.05, 3.63) is 28.2 Å². The van der Waals surface area contributed by atoms with Crippen molar-refractivity contribution in [2.24, 2.45) is 0 Å². The van der Waals surface area contributed by atoms with E-state index in [9.17, 15) is 13.2 Å². The number of rotatable bonds is 3. The van der Waals surface area contributed by atoms with E-state index in [4.69, 9.17) is 27.9 Å². The molecule has 6 nitrogen and oxygen atoms in total. The quantitative estimate of drug-likeness (QED) is 0.788. The number of hydrogen-bond acceptors (Lipinski definition) is 4. The van der Waals surface area contributed by atoms with Gasteiger partial charge in [-0.25, -0.2) is 8.42 Å². The van der Waals surface area contributed by atoms with Gasteiger partial charge in [0.1, 0.15) is 10.9 Å². The Morgan fingerprint density at radius 3 is 2.58 bits per heavy atom. The van der Waals surface area contributed by atoms with Crippen LogP contribution < -0.4 is 0 Å². The van der Waals surface area contributed by atoms with Crippen molar-refractivity contribution in [3.63, 3.8) is 0 Å². The zero-order chi connectivity index (χ0) is 17.3. The fourth-order valence-electron chi connectivity index (χ4n) is 3.08. The summed E-state index contributed by atoms with van der Waals surface area (Å²) < 4.78 is 32.5. The molecule has 1 unspecified atom stereocenters. The van der Waals surface area contributed by atoms with Gasteiger partial charge >= 0.3 is 0 Å². The summed E-state index contributed by atoms with van der Waals surface area (Å²) in [5.41, 5.74) is 0. The minimum absolute atomic E-state index is 0.0105. The summed E-state index contributed by atoms with van der Waals surface area (Å²) >= 11 is 12.0. The van der Waals surface area contributed by atoms with E-state index in [1.165, 1.54) is 22.5 Å². The zero-order valence-corrected chi connectivity index (χ0v) is 15.3. The molecule has 0 bridgehead atoms. The Bertz CT molecular complexity index is 735. The van der Waals surface area contributed by atoms with Crippen LogP contribution in [0.3, 0.4) is 0 Å². The van der Waals surface area contributed by atoms with E-state index in [0.29, 0.717) is 45.7 Å². The molecule has 2 fully saturated rings. The Morgan fingerprint density at radius 2 is 1.88 bits per heavy atom. The van der Waals surface area contributed by atoms with Gasteiger partial charge in [-0.3, -0.25) is 4.79 Å². The molecule has 1 aromatic carbocycles. The number of carbonyl (C=O) groups is 1. The lowest BCUT2D eigenvalue weighted by atomic mass is 10.2. The topological polar surface area (TPSA) is 66.9 Å². The lowest BCUT2D eigenvalue weighted by Crippen LogP contribution is -2.51. The SMILES string of the molecule is O=C(C1CCCN1S(=O)(=O)c1cccc(Cl)c1Cl)N1CCOCC1. The monoisotopic (exact) mass is 392 g/mol. The Hall–Kier alpha value is -0.860. The molecule has 132 valence electrons. The molecule has 0 spiro atoms. The highest BCUT2D eigenvalue weighted by atomic mass is 35.5. The molecule has 3 rings (SSSR count). The molecular weight excluding hydrogens is 375 g/mol. The van der Waals surface area contributed by atoms with Crippen LogP contribution in [0.2, 0.25) is 10.0 Å². The van der Waals surface area contributed by atoms with Crippen LogP contribution in [-0.4, -0.2) is 62.4 Å². The lowest BCUT2D eigenvalue weighted by molar-refractivity contribution is -0.138. The summed E-state index contributed by atoms with van der Waals surface area (Å²) in [6, 6.07) is 3.79. The van der Waals surface area contributed by atoms with Crippen molar-refractivity contribution in [3.8, 4) is 0 Å². The van der Waals surface area contributed by atoms with Crippen LogP contribution in [0.5, 0.6) is 0 Å². The zero-order valence-electron chi connectivity index (χ0n) is 13.0. The van der Waals surface area contributed by atoms with E-state index in [-0.39, 0.29) is 20.8 Å². The van der Waals surface area contributed by atoms with Gasteiger partial charge in [-0.05, 0) is 25.0 Å². The van der Waals surface area contributed by atoms with Crippen molar-refractivity contribution < 1.29 is 17.9 Å². The highest BCUT2D eigenvalue weighted by molar-refractivity contribution is 7.89. The van der Waals surface area contributed by atoms with Gasteiger partial charge < -0.3 is 9.64 Å². The second-order valence-electron chi connectivity index (χ2n) is 5.76. The van der Waals surface area contributed by atoms with Crippen molar-refractivity contribution in [2.75, 3.05) is 32.8 Å². The number of hydrogen-bond donors (Lipinski definition) is 0. The van der Waals surface area contributed by atoms with Gasteiger partial charge in [0, 0.05) is 19.6 Å². The van der Waals surface area contributed by atoms with Crippen molar-refractivity contribution >= 4 is 39.1 Å². The Labute approximate surface area is 151 Å². The number of benzene rings is 1. The molecule has 2 saturated heterocycles. The van der Waals surface area contributed by atoms with Crippen molar-refractivity contribution in [1.82, 2.24) is 9.21 Å². The smallest absolute Gasteiger partial charge is 0.245 e. The standard InChI is InChI=1S/C15H18Cl2N2O4S/c16-11-3-1-5-13(14(11)17)24(21,22)19-6-2-4-12(19)15(20)18-7-9-23-10-8-18/h1,3,5,12H,2,4,6-10H2. The van der Waals surface area contributed by atoms with E-state index < -0.39 is 16.1 Å². The van der Waals surface area contributed by atoms with Crippen LogP contribution in [0.25, 0.3) is 0 Å². The summed E-state index contributed by atoms with van der Waals surface area (Å²) in [6.07, 6.45) is 1.14. The molecule has 2 aliphatic heterocycles. The predicted octanol–water partition coefficient (Wildman–Crippen LogP) is 2.01. The molecular formula is C15H18Cl2N2O4S. The number of amides is 1. The molecule has 0 aromatic heterocycles. The molecule has 0 aliphatic carbocycles. The largest absolute Gasteiger partial charge is 0.378 e. The molecule has 0 radical (unpaired) electrons. The number of sulfonamides is 1. The van der Waals surface area contributed by atoms with Crippen LogP contribution in [0.15, 0.2) is 23.1 Å². The summed E-state index contributed by atoms with van der Waals surface area (Å²) in [6.45, 7) is 2.23. The highest BCUT2D eigenvalue weighted by Gasteiger charge is 2.42. The maximum atomic E-state index is 13.0. The molecule has 0 N–H and O–H groups in total. The predicted molar refractivity (Wildman–Crippen MR) is 90.8 cm³/mol. The van der Waals surface area contributed by atoms with Gasteiger partial charge in [-0.1, -0.05) is 29.3 Å². The first-order valence-electron chi connectivity index (χ1n) is 7.75. The van der Waals surface area contributed by atoms with E-state index in [1.807, 2.05) is 0 Å². The Kier molecular flexibility index (Phi) is 5.36. The third-order valence-corrected chi connectivity index (χ3v) is 7.20. The fourth-order valence-corrected chi connectivity index (χ4v) is 5.47. The van der Waals surface area contributed by atoms with Gasteiger partial charge in [-0.15, -0.1) is 0 Å². The lowest BCUT2D eigenvalue weighted by Gasteiger charge is -2.32. The van der Waals surface area contributed by atoms with Crippen LogP contribution in [0.1, 0.15) is 12.8 Å². The van der Waals surface area contributed by atoms with E-state index >= 15 is 0 Å². The fraction of sp³-hybridized carbons (Fsp3) is 0.533. The average molecular weight is 393 g/mol. The highest BCUT2D eigenvalue weighted by Crippen LogP contribution is 2.34. The van der Waals surface area contributed by atoms with Gasteiger partial charge in [0.15, 0.2) is 0 Å². The van der Waals surface area contributed by atoms with E-state index in [2.05, 4.69) is 0 Å². The van der Waals surface area contributed by atoms with E-state index in [1.54, 1.807) is 4.90 Å². The first-order chi connectivity index (χ1) is 11.4. The van der Waals surface area contributed by atoms with Crippen LogP contribution >= 0.6 is 23.2 Å².